The number of ether oxygens (including phenoxy) is 1. The fourth-order valence-corrected chi connectivity index (χ4v) is 2.13. The Morgan fingerprint density at radius 2 is 2.37 bits per heavy atom. The Balaban J connectivity index is 1.86. The first-order valence-electron chi connectivity index (χ1n) is 6.42. The van der Waals surface area contributed by atoms with E-state index in [1.54, 1.807) is 0 Å². The van der Waals surface area contributed by atoms with Gasteiger partial charge in [0, 0.05) is 13.2 Å². The van der Waals surface area contributed by atoms with Gasteiger partial charge in [-0.2, -0.15) is 0 Å². The van der Waals surface area contributed by atoms with Gasteiger partial charge >= 0.3 is 0 Å². The average molecular weight is 266 g/mol. The van der Waals surface area contributed by atoms with Crippen LogP contribution in [0.25, 0.3) is 0 Å². The van der Waals surface area contributed by atoms with Crippen molar-refractivity contribution in [1.82, 2.24) is 4.98 Å². The van der Waals surface area contributed by atoms with E-state index in [4.69, 9.17) is 10.5 Å². The molecule has 0 aliphatic carbocycles. The second-order valence-corrected chi connectivity index (χ2v) is 4.60. The number of nitrogens with one attached hydrogen (secondary N) is 1. The smallest absolute Gasteiger partial charge is 0.276 e. The number of hydrogen-bond donors (Lipinski definition) is 2. The highest BCUT2D eigenvalue weighted by atomic mass is 16.6. The molecule has 1 aromatic rings. The van der Waals surface area contributed by atoms with Gasteiger partial charge in [0.25, 0.3) is 5.69 Å². The lowest BCUT2D eigenvalue weighted by Gasteiger charge is -2.22. The summed E-state index contributed by atoms with van der Waals surface area (Å²) in [6.45, 7) is 1.49. The molecule has 2 rings (SSSR count). The van der Waals surface area contributed by atoms with Gasteiger partial charge in [0.05, 0.1) is 23.2 Å². The SMILES string of the molecule is Nc1cc([N+](=O)[O-])cc(NCCC2CCCCO2)n1. The summed E-state index contributed by atoms with van der Waals surface area (Å²) in [5.74, 6) is 0.577. The third-order valence-corrected chi connectivity index (χ3v) is 3.09. The monoisotopic (exact) mass is 266 g/mol. The van der Waals surface area contributed by atoms with Gasteiger partial charge in [-0.1, -0.05) is 0 Å². The van der Waals surface area contributed by atoms with Crippen LogP contribution in [0.3, 0.4) is 0 Å². The van der Waals surface area contributed by atoms with Crippen molar-refractivity contribution in [3.05, 3.63) is 22.2 Å². The first-order chi connectivity index (χ1) is 9.15. The van der Waals surface area contributed by atoms with E-state index < -0.39 is 4.92 Å². The van der Waals surface area contributed by atoms with Crippen molar-refractivity contribution < 1.29 is 9.66 Å². The molecule has 1 aromatic heterocycles. The minimum absolute atomic E-state index is 0.0519. The number of nitrogen functional groups attached to an aromatic ring is 1. The van der Waals surface area contributed by atoms with Crippen molar-refractivity contribution in [2.75, 3.05) is 24.2 Å². The van der Waals surface area contributed by atoms with Gasteiger partial charge in [-0.05, 0) is 25.7 Å². The average Bonchev–Trinajstić information content (AvgIpc) is 2.39. The lowest BCUT2D eigenvalue weighted by atomic mass is 10.1. The summed E-state index contributed by atoms with van der Waals surface area (Å²) >= 11 is 0. The Morgan fingerprint density at radius 1 is 1.53 bits per heavy atom. The molecule has 2 heterocycles. The van der Waals surface area contributed by atoms with Gasteiger partial charge in [0.1, 0.15) is 11.6 Å². The Bertz CT molecular complexity index is 447. The van der Waals surface area contributed by atoms with Crippen molar-refractivity contribution in [1.29, 1.82) is 0 Å². The maximum absolute atomic E-state index is 10.7. The van der Waals surface area contributed by atoms with Crippen LogP contribution in [0.1, 0.15) is 25.7 Å². The normalized spacial score (nSPS) is 19.1. The van der Waals surface area contributed by atoms with E-state index in [0.29, 0.717) is 12.4 Å². The van der Waals surface area contributed by atoms with Crippen LogP contribution in [0, 0.1) is 10.1 Å². The molecule has 104 valence electrons. The summed E-state index contributed by atoms with van der Waals surface area (Å²) in [6.07, 6.45) is 4.55. The number of nitrogens with zero attached hydrogens (tertiary/aromatic N) is 2. The molecule has 7 nitrogen and oxygen atoms in total. The lowest BCUT2D eigenvalue weighted by molar-refractivity contribution is -0.384. The quantitative estimate of drug-likeness (QED) is 0.623. The molecule has 1 fully saturated rings. The first kappa shape index (κ1) is 13.5. The maximum atomic E-state index is 10.7. The van der Waals surface area contributed by atoms with Crippen LogP contribution in [0.2, 0.25) is 0 Å². The number of rotatable bonds is 5. The third-order valence-electron chi connectivity index (χ3n) is 3.09. The Labute approximate surface area is 111 Å². The van der Waals surface area contributed by atoms with Gasteiger partial charge in [-0.25, -0.2) is 4.98 Å². The highest BCUT2D eigenvalue weighted by molar-refractivity contribution is 5.52. The number of nitrogens with two attached hydrogens (primary N) is 1. The molecule has 0 saturated carbocycles. The van der Waals surface area contributed by atoms with E-state index in [9.17, 15) is 10.1 Å². The molecule has 7 heteroatoms. The molecule has 0 radical (unpaired) electrons. The molecule has 0 bridgehead atoms. The fourth-order valence-electron chi connectivity index (χ4n) is 2.13. The highest BCUT2D eigenvalue weighted by Gasteiger charge is 2.14. The molecule has 1 aliphatic rings. The molecule has 1 saturated heterocycles. The summed E-state index contributed by atoms with van der Waals surface area (Å²) in [4.78, 5) is 14.2. The van der Waals surface area contributed by atoms with Crippen LogP contribution >= 0.6 is 0 Å². The summed E-state index contributed by atoms with van der Waals surface area (Å²) in [6, 6.07) is 2.63. The largest absolute Gasteiger partial charge is 0.383 e. The van der Waals surface area contributed by atoms with Crippen LogP contribution in [0.4, 0.5) is 17.3 Å². The maximum Gasteiger partial charge on any atom is 0.276 e. The predicted octanol–water partition coefficient (Wildman–Crippen LogP) is 1.94. The molecular weight excluding hydrogens is 248 g/mol. The van der Waals surface area contributed by atoms with Gasteiger partial charge in [0.15, 0.2) is 0 Å². The minimum Gasteiger partial charge on any atom is -0.383 e. The number of hydrogen-bond acceptors (Lipinski definition) is 6. The minimum atomic E-state index is -0.479. The van der Waals surface area contributed by atoms with E-state index in [1.165, 1.54) is 18.6 Å². The summed E-state index contributed by atoms with van der Waals surface area (Å²) < 4.78 is 5.61. The molecule has 3 N–H and O–H groups in total. The van der Waals surface area contributed by atoms with Crippen LogP contribution in [-0.2, 0) is 4.74 Å². The van der Waals surface area contributed by atoms with Crippen molar-refractivity contribution in [2.24, 2.45) is 0 Å². The molecule has 0 aromatic carbocycles. The Morgan fingerprint density at radius 3 is 3.05 bits per heavy atom. The third kappa shape index (κ3) is 4.06. The predicted molar refractivity (Wildman–Crippen MR) is 72.0 cm³/mol. The second-order valence-electron chi connectivity index (χ2n) is 4.60. The van der Waals surface area contributed by atoms with E-state index in [1.807, 2.05) is 0 Å². The van der Waals surface area contributed by atoms with E-state index >= 15 is 0 Å². The Hall–Kier alpha value is -1.89. The topological polar surface area (TPSA) is 103 Å². The summed E-state index contributed by atoms with van der Waals surface area (Å²) in [5, 5.41) is 13.8. The van der Waals surface area contributed by atoms with Crippen molar-refractivity contribution in [3.8, 4) is 0 Å². The molecule has 1 unspecified atom stereocenters. The summed E-state index contributed by atoms with van der Waals surface area (Å²) in [5.41, 5.74) is 5.48. The van der Waals surface area contributed by atoms with E-state index in [-0.39, 0.29) is 17.6 Å². The van der Waals surface area contributed by atoms with Gasteiger partial charge < -0.3 is 15.8 Å². The van der Waals surface area contributed by atoms with Crippen LogP contribution in [-0.4, -0.2) is 29.2 Å². The standard InChI is InChI=1S/C12H18N4O3/c13-11-7-9(16(17)18)8-12(15-11)14-5-4-10-3-1-2-6-19-10/h7-8,10H,1-6H2,(H3,13,14,15). The summed E-state index contributed by atoms with van der Waals surface area (Å²) in [7, 11) is 0. The zero-order valence-electron chi connectivity index (χ0n) is 10.7. The van der Waals surface area contributed by atoms with Gasteiger partial charge in [-0.3, -0.25) is 10.1 Å². The van der Waals surface area contributed by atoms with E-state index in [0.717, 1.165) is 25.9 Å². The Kier molecular flexibility index (Phi) is 4.51. The van der Waals surface area contributed by atoms with Gasteiger partial charge in [0.2, 0.25) is 0 Å². The molecule has 0 amide bonds. The van der Waals surface area contributed by atoms with Crippen molar-refractivity contribution in [2.45, 2.75) is 31.8 Å². The van der Waals surface area contributed by atoms with Crippen molar-refractivity contribution >= 4 is 17.3 Å². The zero-order chi connectivity index (χ0) is 13.7. The molecule has 0 spiro atoms. The number of aromatic nitrogens is 1. The van der Waals surface area contributed by atoms with Crippen LogP contribution in [0.5, 0.6) is 0 Å². The van der Waals surface area contributed by atoms with E-state index in [2.05, 4.69) is 10.3 Å². The van der Waals surface area contributed by atoms with Gasteiger partial charge in [-0.15, -0.1) is 0 Å². The molecule has 1 aliphatic heterocycles. The zero-order valence-corrected chi connectivity index (χ0v) is 10.7. The fraction of sp³-hybridized carbons (Fsp3) is 0.583. The molecule has 19 heavy (non-hydrogen) atoms. The number of anilines is 2. The molecular formula is C12H18N4O3. The lowest BCUT2D eigenvalue weighted by Crippen LogP contribution is -2.22. The molecule has 1 atom stereocenters. The highest BCUT2D eigenvalue weighted by Crippen LogP contribution is 2.19. The van der Waals surface area contributed by atoms with Crippen LogP contribution < -0.4 is 11.1 Å². The number of pyridine rings is 1. The van der Waals surface area contributed by atoms with Crippen LogP contribution in [0.15, 0.2) is 12.1 Å². The van der Waals surface area contributed by atoms with Crippen molar-refractivity contribution in [3.63, 3.8) is 0 Å². The number of nitro groups is 1. The second kappa shape index (κ2) is 6.33. The first-order valence-corrected chi connectivity index (χ1v) is 6.42.